The second-order valence-corrected chi connectivity index (χ2v) is 7.58. The molecule has 0 aliphatic carbocycles. The number of anilines is 2. The number of H-pyrrole nitrogens is 1. The average Bonchev–Trinajstić information content (AvgIpc) is 2.56. The van der Waals surface area contributed by atoms with Crippen LogP contribution in [-0.4, -0.2) is 46.3 Å². The zero-order valence-electron chi connectivity index (χ0n) is 15.1. The molecule has 0 bridgehead atoms. The van der Waals surface area contributed by atoms with Gasteiger partial charge in [-0.05, 0) is 17.7 Å². The molecule has 1 aromatic heterocycles. The highest BCUT2D eigenvalue weighted by Gasteiger charge is 2.23. The van der Waals surface area contributed by atoms with Gasteiger partial charge in [-0.3, -0.25) is 14.7 Å². The smallest absolute Gasteiger partial charge is 0.274 e. The molecule has 0 saturated carbocycles. The third-order valence-electron chi connectivity index (χ3n) is 4.45. The predicted molar refractivity (Wildman–Crippen MR) is 99.7 cm³/mol. The minimum atomic E-state index is -0.309. The lowest BCUT2D eigenvalue weighted by atomic mass is 9.93. The highest BCUT2D eigenvalue weighted by atomic mass is 16.1. The highest BCUT2D eigenvalue weighted by molar-refractivity contribution is 5.39. The summed E-state index contributed by atoms with van der Waals surface area (Å²) in [6, 6.07) is 8.00. The van der Waals surface area contributed by atoms with Gasteiger partial charge in [-0.15, -0.1) is 10.2 Å². The summed E-state index contributed by atoms with van der Waals surface area (Å²) < 4.78 is 0. The second kappa shape index (κ2) is 6.84. The Hall–Kier alpha value is -2.41. The summed E-state index contributed by atoms with van der Waals surface area (Å²) in [4.78, 5) is 19.6. The van der Waals surface area contributed by atoms with Gasteiger partial charge in [-0.1, -0.05) is 32.9 Å². The summed E-state index contributed by atoms with van der Waals surface area (Å²) in [6.07, 6.45) is 0. The molecule has 7 heteroatoms. The number of nitrogens with one attached hydrogen (secondary N) is 1. The molecule has 0 amide bonds. The van der Waals surface area contributed by atoms with E-state index in [-0.39, 0.29) is 11.0 Å². The lowest BCUT2D eigenvalue weighted by Gasteiger charge is -2.34. The van der Waals surface area contributed by atoms with E-state index in [0.29, 0.717) is 11.6 Å². The van der Waals surface area contributed by atoms with Crippen molar-refractivity contribution in [2.75, 3.05) is 36.8 Å². The molecule has 2 aromatic rings. The van der Waals surface area contributed by atoms with E-state index in [0.717, 1.165) is 38.4 Å². The Morgan fingerprint density at radius 2 is 1.72 bits per heavy atom. The van der Waals surface area contributed by atoms with Crippen LogP contribution in [0.2, 0.25) is 0 Å². The summed E-state index contributed by atoms with van der Waals surface area (Å²) in [5, 5.41) is 8.40. The van der Waals surface area contributed by atoms with Gasteiger partial charge in [0, 0.05) is 43.8 Å². The Bertz CT molecular complexity index is 769. The summed E-state index contributed by atoms with van der Waals surface area (Å²) in [5.41, 5.74) is 7.78. The number of benzene rings is 1. The molecule has 7 nitrogen and oxygen atoms in total. The van der Waals surface area contributed by atoms with Crippen LogP contribution in [0.3, 0.4) is 0 Å². The highest BCUT2D eigenvalue weighted by Crippen LogP contribution is 2.17. The van der Waals surface area contributed by atoms with Crippen LogP contribution in [0.4, 0.5) is 11.6 Å². The van der Waals surface area contributed by atoms with E-state index < -0.39 is 0 Å². The largest absolute Gasteiger partial charge is 0.399 e. The number of nitrogens with zero attached hydrogens (tertiary/aromatic N) is 4. The Labute approximate surface area is 147 Å². The lowest BCUT2D eigenvalue weighted by Crippen LogP contribution is -2.47. The third-order valence-corrected chi connectivity index (χ3v) is 4.45. The molecule has 0 atom stereocenters. The van der Waals surface area contributed by atoms with Crippen LogP contribution in [0.25, 0.3) is 0 Å². The van der Waals surface area contributed by atoms with E-state index in [1.54, 1.807) is 0 Å². The van der Waals surface area contributed by atoms with Crippen molar-refractivity contribution in [2.45, 2.75) is 32.7 Å². The van der Waals surface area contributed by atoms with Crippen molar-refractivity contribution in [1.29, 1.82) is 0 Å². The fourth-order valence-corrected chi connectivity index (χ4v) is 2.96. The molecule has 1 aromatic carbocycles. The van der Waals surface area contributed by atoms with E-state index in [2.05, 4.69) is 37.1 Å². The van der Waals surface area contributed by atoms with Crippen molar-refractivity contribution in [3.8, 4) is 0 Å². The normalized spacial score (nSPS) is 16.2. The Morgan fingerprint density at radius 3 is 2.28 bits per heavy atom. The van der Waals surface area contributed by atoms with Crippen molar-refractivity contribution in [3.63, 3.8) is 0 Å². The van der Waals surface area contributed by atoms with E-state index in [9.17, 15) is 4.79 Å². The minimum absolute atomic E-state index is 0.151. The van der Waals surface area contributed by atoms with Crippen molar-refractivity contribution < 1.29 is 0 Å². The Kier molecular flexibility index (Phi) is 4.76. The van der Waals surface area contributed by atoms with Crippen LogP contribution in [0.1, 0.15) is 32.0 Å². The van der Waals surface area contributed by atoms with Gasteiger partial charge in [-0.25, -0.2) is 0 Å². The van der Waals surface area contributed by atoms with Gasteiger partial charge in [0.05, 0.1) is 0 Å². The van der Waals surface area contributed by atoms with Gasteiger partial charge in [0.2, 0.25) is 5.95 Å². The molecule has 1 aliphatic heterocycles. The van der Waals surface area contributed by atoms with Crippen LogP contribution in [0.15, 0.2) is 29.1 Å². The van der Waals surface area contributed by atoms with E-state index in [1.807, 2.05) is 32.9 Å². The van der Waals surface area contributed by atoms with Crippen molar-refractivity contribution in [1.82, 2.24) is 20.1 Å². The molecular weight excluding hydrogens is 316 g/mol. The molecule has 0 spiro atoms. The summed E-state index contributed by atoms with van der Waals surface area (Å²) in [7, 11) is 0. The number of nitrogen functional groups attached to an aromatic ring is 1. The van der Waals surface area contributed by atoms with Crippen molar-refractivity contribution >= 4 is 11.6 Å². The Balaban J connectivity index is 1.61. The van der Waals surface area contributed by atoms with Gasteiger partial charge in [0.25, 0.3) is 5.56 Å². The van der Waals surface area contributed by atoms with Crippen molar-refractivity contribution in [3.05, 3.63) is 45.9 Å². The summed E-state index contributed by atoms with van der Waals surface area (Å²) in [5.74, 6) is 0.560. The summed E-state index contributed by atoms with van der Waals surface area (Å²) in [6.45, 7) is 10.2. The third kappa shape index (κ3) is 4.17. The standard InChI is InChI=1S/C18H26N6O/c1-18(2,3)15-16(25)20-17(22-21-15)24-10-8-23(9-11-24)12-13-4-6-14(19)7-5-13/h4-7H,8-12,19H2,1-3H3,(H,20,22,25). The number of hydrogen-bond acceptors (Lipinski definition) is 6. The molecule has 1 saturated heterocycles. The number of hydrogen-bond donors (Lipinski definition) is 2. The molecular formula is C18H26N6O. The molecule has 2 heterocycles. The van der Waals surface area contributed by atoms with Gasteiger partial charge in [-0.2, -0.15) is 0 Å². The molecule has 3 rings (SSSR count). The maximum atomic E-state index is 12.3. The van der Waals surface area contributed by atoms with Crippen LogP contribution in [0, 0.1) is 0 Å². The second-order valence-electron chi connectivity index (χ2n) is 7.58. The Morgan fingerprint density at radius 1 is 1.08 bits per heavy atom. The molecule has 1 aliphatic rings. The quantitative estimate of drug-likeness (QED) is 0.819. The maximum absolute atomic E-state index is 12.3. The number of aromatic nitrogens is 3. The molecule has 0 radical (unpaired) electrons. The van der Waals surface area contributed by atoms with Gasteiger partial charge < -0.3 is 10.6 Å². The monoisotopic (exact) mass is 342 g/mol. The topological polar surface area (TPSA) is 91.1 Å². The molecule has 134 valence electrons. The zero-order valence-corrected chi connectivity index (χ0v) is 15.1. The SMILES string of the molecule is CC(C)(C)c1nnc(N2CCN(Cc3ccc(N)cc3)CC2)[nH]c1=O. The molecule has 25 heavy (non-hydrogen) atoms. The van der Waals surface area contributed by atoms with Gasteiger partial charge in [0.1, 0.15) is 5.69 Å². The zero-order chi connectivity index (χ0) is 18.0. The number of nitrogens with two attached hydrogens (primary N) is 1. The molecule has 1 fully saturated rings. The molecule has 0 unspecified atom stereocenters. The van der Waals surface area contributed by atoms with Crippen LogP contribution in [0.5, 0.6) is 0 Å². The van der Waals surface area contributed by atoms with Crippen LogP contribution >= 0.6 is 0 Å². The van der Waals surface area contributed by atoms with E-state index in [1.165, 1.54) is 5.56 Å². The lowest BCUT2D eigenvalue weighted by molar-refractivity contribution is 0.248. The van der Waals surface area contributed by atoms with Gasteiger partial charge in [0.15, 0.2) is 0 Å². The van der Waals surface area contributed by atoms with Crippen LogP contribution in [-0.2, 0) is 12.0 Å². The first-order valence-electron chi connectivity index (χ1n) is 8.62. The fourth-order valence-electron chi connectivity index (χ4n) is 2.96. The minimum Gasteiger partial charge on any atom is -0.399 e. The first-order valence-corrected chi connectivity index (χ1v) is 8.62. The van der Waals surface area contributed by atoms with Gasteiger partial charge >= 0.3 is 0 Å². The summed E-state index contributed by atoms with van der Waals surface area (Å²) >= 11 is 0. The predicted octanol–water partition coefficient (Wildman–Crippen LogP) is 1.37. The van der Waals surface area contributed by atoms with Crippen LogP contribution < -0.4 is 16.2 Å². The number of piperazine rings is 1. The first kappa shape index (κ1) is 17.4. The van der Waals surface area contributed by atoms with Crippen molar-refractivity contribution in [2.24, 2.45) is 0 Å². The fraction of sp³-hybridized carbons (Fsp3) is 0.500. The van der Waals surface area contributed by atoms with E-state index in [4.69, 9.17) is 5.73 Å². The number of rotatable bonds is 3. The average molecular weight is 342 g/mol. The molecule has 3 N–H and O–H groups in total. The number of aromatic amines is 1. The first-order chi connectivity index (χ1) is 11.8. The maximum Gasteiger partial charge on any atom is 0.274 e. The van der Waals surface area contributed by atoms with E-state index >= 15 is 0 Å².